The first-order valence-electron chi connectivity index (χ1n) is 6.03. The molecule has 0 bridgehead atoms. The monoisotopic (exact) mass is 283 g/mol. The van der Waals surface area contributed by atoms with Gasteiger partial charge in [0.1, 0.15) is 5.82 Å². The van der Waals surface area contributed by atoms with Crippen molar-refractivity contribution < 1.29 is 22.7 Å². The maximum Gasteiger partial charge on any atom is 0.385 e. The van der Waals surface area contributed by atoms with E-state index in [4.69, 9.17) is 4.74 Å². The molecule has 0 atom stereocenters. The number of hydrogen-bond acceptors (Lipinski definition) is 2. The quantitative estimate of drug-likeness (QED) is 0.734. The molecule has 106 valence electrons. The molecule has 1 aliphatic rings. The summed E-state index contributed by atoms with van der Waals surface area (Å²) in [7, 11) is 0. The van der Waals surface area contributed by atoms with Gasteiger partial charge in [-0.2, -0.15) is 8.78 Å². The van der Waals surface area contributed by atoms with Crippen molar-refractivity contribution >= 4 is 5.91 Å². The van der Waals surface area contributed by atoms with Crippen LogP contribution in [0.5, 0.6) is 0 Å². The van der Waals surface area contributed by atoms with Gasteiger partial charge in [-0.15, -0.1) is 0 Å². The highest BCUT2D eigenvalue weighted by atomic mass is 19.3. The minimum atomic E-state index is -3.76. The summed E-state index contributed by atoms with van der Waals surface area (Å²) in [5.41, 5.74) is 0.223. The highest BCUT2D eigenvalue weighted by Gasteiger charge is 2.40. The zero-order chi connectivity index (χ0) is 14.6. The molecule has 1 aromatic carbocycles. The number of ether oxygens (including phenoxy) is 1. The van der Waals surface area contributed by atoms with Gasteiger partial charge in [-0.25, -0.2) is 4.39 Å². The number of halogens is 3. The fraction of sp³-hybridized carbons (Fsp3) is 0.357. The van der Waals surface area contributed by atoms with Gasteiger partial charge in [0.25, 0.3) is 0 Å². The molecule has 0 saturated carbocycles. The lowest BCUT2D eigenvalue weighted by Gasteiger charge is -2.28. The second-order valence-electron chi connectivity index (χ2n) is 4.24. The molecule has 3 nitrogen and oxygen atoms in total. The molecular formula is C14H12F3NO2. The summed E-state index contributed by atoms with van der Waals surface area (Å²) in [6, 6.07) is 4.78. The van der Waals surface area contributed by atoms with Crippen LogP contribution in [0.15, 0.2) is 24.3 Å². The van der Waals surface area contributed by atoms with Crippen LogP contribution in [-0.4, -0.2) is 43.0 Å². The summed E-state index contributed by atoms with van der Waals surface area (Å²) in [5, 5.41) is 0. The molecule has 1 heterocycles. The molecule has 2 rings (SSSR count). The summed E-state index contributed by atoms with van der Waals surface area (Å²) >= 11 is 0. The van der Waals surface area contributed by atoms with E-state index in [1.54, 1.807) is 5.92 Å². The molecular weight excluding hydrogens is 271 g/mol. The Morgan fingerprint density at radius 2 is 1.80 bits per heavy atom. The number of amides is 1. The minimum absolute atomic E-state index is 0.132. The van der Waals surface area contributed by atoms with E-state index in [1.165, 1.54) is 12.1 Å². The van der Waals surface area contributed by atoms with E-state index in [-0.39, 0.29) is 31.9 Å². The Balaban J connectivity index is 2.10. The summed E-state index contributed by atoms with van der Waals surface area (Å²) in [4.78, 5) is 12.7. The normalized spacial score (nSPS) is 15.4. The Morgan fingerprint density at radius 3 is 2.40 bits per heavy atom. The van der Waals surface area contributed by atoms with Gasteiger partial charge in [-0.3, -0.25) is 4.79 Å². The smallest absolute Gasteiger partial charge is 0.378 e. The lowest BCUT2D eigenvalue weighted by molar-refractivity contribution is -0.153. The standard InChI is InChI=1S/C14H12F3NO2/c15-12-3-1-11(2-4-12)5-6-14(16,17)13(19)18-7-9-20-10-8-18/h1-4H,7-10H2. The average Bonchev–Trinajstić information content (AvgIpc) is 2.47. The zero-order valence-electron chi connectivity index (χ0n) is 10.5. The Bertz CT molecular complexity index is 540. The molecule has 20 heavy (non-hydrogen) atoms. The van der Waals surface area contributed by atoms with Crippen LogP contribution in [0, 0.1) is 17.7 Å². The summed E-state index contributed by atoms with van der Waals surface area (Å²) in [6.07, 6.45) is 0. The lowest BCUT2D eigenvalue weighted by Crippen LogP contribution is -2.48. The maximum absolute atomic E-state index is 13.7. The predicted octanol–water partition coefficient (Wildman–Crippen LogP) is 1.67. The SMILES string of the molecule is O=C(N1CCOCC1)C(F)(F)C#Cc1ccc(F)cc1. The molecule has 0 aromatic heterocycles. The third-order valence-corrected chi connectivity index (χ3v) is 2.77. The molecule has 0 N–H and O–H groups in total. The summed E-state index contributed by atoms with van der Waals surface area (Å²) in [5.74, 6) is -1.72. The van der Waals surface area contributed by atoms with Crippen molar-refractivity contribution in [3.05, 3.63) is 35.6 Å². The lowest BCUT2D eigenvalue weighted by atomic mass is 10.2. The molecule has 0 radical (unpaired) electrons. The number of hydrogen-bond donors (Lipinski definition) is 0. The number of alkyl halides is 2. The van der Waals surface area contributed by atoms with E-state index in [1.807, 2.05) is 0 Å². The number of benzene rings is 1. The highest BCUT2D eigenvalue weighted by molar-refractivity contribution is 5.87. The van der Waals surface area contributed by atoms with Gasteiger partial charge < -0.3 is 9.64 Å². The third-order valence-electron chi connectivity index (χ3n) is 2.77. The van der Waals surface area contributed by atoms with Crippen LogP contribution in [-0.2, 0) is 9.53 Å². The second-order valence-corrected chi connectivity index (χ2v) is 4.24. The largest absolute Gasteiger partial charge is 0.385 e. The molecule has 1 aromatic rings. The van der Waals surface area contributed by atoms with E-state index in [2.05, 4.69) is 5.92 Å². The molecule has 1 saturated heterocycles. The molecule has 1 aliphatic heterocycles. The fourth-order valence-electron chi connectivity index (χ4n) is 1.70. The van der Waals surface area contributed by atoms with Crippen LogP contribution in [0.4, 0.5) is 13.2 Å². The van der Waals surface area contributed by atoms with Crippen LogP contribution < -0.4 is 0 Å². The van der Waals surface area contributed by atoms with Crippen LogP contribution in [0.2, 0.25) is 0 Å². The summed E-state index contributed by atoms with van der Waals surface area (Å²) in [6.45, 7) is 0.750. The van der Waals surface area contributed by atoms with Crippen molar-refractivity contribution in [1.29, 1.82) is 0 Å². The average molecular weight is 283 g/mol. The van der Waals surface area contributed by atoms with E-state index < -0.39 is 17.6 Å². The van der Waals surface area contributed by atoms with Gasteiger partial charge in [0.15, 0.2) is 0 Å². The van der Waals surface area contributed by atoms with Crippen molar-refractivity contribution in [3.8, 4) is 11.8 Å². The zero-order valence-corrected chi connectivity index (χ0v) is 10.5. The highest BCUT2D eigenvalue weighted by Crippen LogP contribution is 2.17. The van der Waals surface area contributed by atoms with Gasteiger partial charge in [0.05, 0.1) is 13.2 Å². The van der Waals surface area contributed by atoms with Gasteiger partial charge in [-0.05, 0) is 30.2 Å². The Labute approximate surface area is 114 Å². The maximum atomic E-state index is 13.7. The van der Waals surface area contributed by atoms with Crippen molar-refractivity contribution in [3.63, 3.8) is 0 Å². The molecule has 1 amide bonds. The van der Waals surface area contributed by atoms with E-state index >= 15 is 0 Å². The Morgan fingerprint density at radius 1 is 1.20 bits per heavy atom. The topological polar surface area (TPSA) is 29.5 Å². The van der Waals surface area contributed by atoms with Gasteiger partial charge >= 0.3 is 11.8 Å². The van der Waals surface area contributed by atoms with Crippen LogP contribution in [0.1, 0.15) is 5.56 Å². The number of carbonyl (C=O) groups is 1. The minimum Gasteiger partial charge on any atom is -0.378 e. The molecule has 0 unspecified atom stereocenters. The van der Waals surface area contributed by atoms with Crippen LogP contribution in [0.3, 0.4) is 0 Å². The fourth-order valence-corrected chi connectivity index (χ4v) is 1.70. The Kier molecular flexibility index (Phi) is 4.30. The molecule has 1 fully saturated rings. The van der Waals surface area contributed by atoms with E-state index in [9.17, 15) is 18.0 Å². The second kappa shape index (κ2) is 5.97. The van der Waals surface area contributed by atoms with Gasteiger partial charge in [0.2, 0.25) is 0 Å². The first kappa shape index (κ1) is 14.4. The van der Waals surface area contributed by atoms with Gasteiger partial charge in [0, 0.05) is 18.7 Å². The van der Waals surface area contributed by atoms with Crippen LogP contribution in [0.25, 0.3) is 0 Å². The molecule has 6 heteroatoms. The van der Waals surface area contributed by atoms with E-state index in [0.717, 1.165) is 17.0 Å². The van der Waals surface area contributed by atoms with Crippen LogP contribution >= 0.6 is 0 Å². The predicted molar refractivity (Wildman–Crippen MR) is 65.6 cm³/mol. The van der Waals surface area contributed by atoms with Crippen molar-refractivity contribution in [2.75, 3.05) is 26.3 Å². The van der Waals surface area contributed by atoms with E-state index in [0.29, 0.717) is 0 Å². The first-order chi connectivity index (χ1) is 9.49. The van der Waals surface area contributed by atoms with Crippen molar-refractivity contribution in [2.24, 2.45) is 0 Å². The summed E-state index contributed by atoms with van der Waals surface area (Å²) < 4.78 is 45.0. The third kappa shape index (κ3) is 3.52. The number of rotatable bonds is 1. The molecule has 0 spiro atoms. The number of nitrogens with zero attached hydrogens (tertiary/aromatic N) is 1. The van der Waals surface area contributed by atoms with Gasteiger partial charge in [-0.1, -0.05) is 5.92 Å². The first-order valence-corrected chi connectivity index (χ1v) is 6.03. The van der Waals surface area contributed by atoms with Crippen molar-refractivity contribution in [2.45, 2.75) is 5.92 Å². The number of carbonyl (C=O) groups excluding carboxylic acids is 1. The number of morpholine rings is 1. The van der Waals surface area contributed by atoms with Crippen molar-refractivity contribution in [1.82, 2.24) is 4.90 Å². The molecule has 0 aliphatic carbocycles. The Hall–Kier alpha value is -2.00.